The summed E-state index contributed by atoms with van der Waals surface area (Å²) in [5.74, 6) is -0.812. The predicted molar refractivity (Wildman–Crippen MR) is 36.4 cm³/mol. The molecule has 0 heterocycles. The summed E-state index contributed by atoms with van der Waals surface area (Å²) in [6.07, 6.45) is 0. The molecule has 0 aliphatic rings. The fourth-order valence-corrected chi connectivity index (χ4v) is 0.545. The van der Waals surface area contributed by atoms with E-state index in [-0.39, 0.29) is 51.4 Å². The van der Waals surface area contributed by atoms with Crippen molar-refractivity contribution in [2.45, 2.75) is 13.8 Å². The number of amides is 1. The Bertz CT molecular complexity index is 188. The minimum absolute atomic E-state index is 0. The quantitative estimate of drug-likeness (QED) is 0.269. The molecule has 0 aliphatic heterocycles. The molecular weight excluding hydrogens is 197 g/mol. The van der Waals surface area contributed by atoms with Crippen LogP contribution in [0.2, 0.25) is 0 Å². The second kappa shape index (κ2) is 9.11. The minimum atomic E-state index is -4.32. The van der Waals surface area contributed by atoms with Crippen LogP contribution in [-0.4, -0.2) is 18.9 Å². The molecule has 2 N–H and O–H groups in total. The molecule has 0 atom stereocenters. The van der Waals surface area contributed by atoms with E-state index in [1.54, 1.807) is 6.92 Å². The maximum absolute atomic E-state index is 9.81. The van der Waals surface area contributed by atoms with Crippen molar-refractivity contribution in [3.63, 3.8) is 0 Å². The van der Waals surface area contributed by atoms with Gasteiger partial charge < -0.3 is 6.92 Å². The van der Waals surface area contributed by atoms with Gasteiger partial charge >= 0.3 is 61.7 Å². The Balaban J connectivity index is -0.000000196. The molecule has 0 aromatic carbocycles. The van der Waals surface area contributed by atoms with Gasteiger partial charge in [-0.2, -0.15) is 15.3 Å². The van der Waals surface area contributed by atoms with Crippen LogP contribution in [0.15, 0.2) is 0 Å². The Labute approximate surface area is 109 Å². The van der Waals surface area contributed by atoms with Gasteiger partial charge in [0.1, 0.15) is 0 Å². The normalized spacial score (nSPS) is 8.36. The monoisotopic (exact) mass is 207 g/mol. The van der Waals surface area contributed by atoms with E-state index in [0.717, 1.165) is 6.92 Å². The zero-order chi connectivity index (χ0) is 8.78. The number of carbonyl (C=O) groups excluding carboxylic acids is 1. The third-order valence-corrected chi connectivity index (χ3v) is 0.818. The topological polar surface area (TPSA) is 83.5 Å². The van der Waals surface area contributed by atoms with Crippen molar-refractivity contribution < 1.29 is 69.1 Å². The fourth-order valence-electron chi connectivity index (χ4n) is 0.182. The summed E-state index contributed by atoms with van der Waals surface area (Å²) in [4.78, 5) is 9.81. The van der Waals surface area contributed by atoms with E-state index >= 15 is 0 Å². The molecule has 7 heteroatoms. The first-order valence-corrected chi connectivity index (χ1v) is 3.82. The van der Waals surface area contributed by atoms with Gasteiger partial charge in [0.15, 0.2) is 0 Å². The third kappa shape index (κ3) is 24.7. The van der Waals surface area contributed by atoms with Crippen molar-refractivity contribution in [3.8, 4) is 0 Å². The van der Waals surface area contributed by atoms with Gasteiger partial charge in [-0.05, 0) is 0 Å². The maximum atomic E-state index is 9.81. The first-order valence-electron chi connectivity index (χ1n) is 2.38. The summed E-state index contributed by atoms with van der Waals surface area (Å²) in [5.41, 5.74) is 0. The van der Waals surface area contributed by atoms with Gasteiger partial charge in [0, 0.05) is 6.92 Å². The Morgan fingerprint density at radius 2 is 1.73 bits per heavy atom. The van der Waals surface area contributed by atoms with Gasteiger partial charge in [0.2, 0.25) is 5.91 Å². The molecule has 0 saturated heterocycles. The summed E-state index contributed by atoms with van der Waals surface area (Å²) in [7, 11) is -4.32. The first-order chi connectivity index (χ1) is 4.42. The van der Waals surface area contributed by atoms with Gasteiger partial charge in [-0.3, -0.25) is 9.35 Å². The zero-order valence-electron chi connectivity index (χ0n) is 6.79. The van der Waals surface area contributed by atoms with Crippen LogP contribution < -0.4 is 56.1 Å². The van der Waals surface area contributed by atoms with E-state index in [1.807, 2.05) is 0 Å². The smallest absolute Gasteiger partial charge is 0.346 e. The Hall–Kier alpha value is 1.02. The molecule has 0 aromatic heterocycles. The predicted octanol–water partition coefficient (Wildman–Crippen LogP) is -3.23. The van der Waals surface area contributed by atoms with E-state index in [2.05, 4.69) is 6.92 Å². The molecule has 0 fully saturated rings. The van der Waals surface area contributed by atoms with Crippen LogP contribution >= 0.6 is 0 Å². The molecule has 0 rings (SSSR count). The summed E-state index contributed by atoms with van der Waals surface area (Å²) in [6, 6.07) is 0. The van der Waals surface area contributed by atoms with Crippen LogP contribution in [0.4, 0.5) is 0 Å². The van der Waals surface area contributed by atoms with Gasteiger partial charge in [-0.1, -0.05) is 0 Å². The summed E-state index contributed by atoms with van der Waals surface area (Å²) >= 11 is 0. The Morgan fingerprint density at radius 1 is 1.45 bits per heavy atom. The summed E-state index contributed by atoms with van der Waals surface area (Å²) in [6.45, 7) is 5.98. The summed E-state index contributed by atoms with van der Waals surface area (Å²) < 4.78 is 28.4. The van der Waals surface area contributed by atoms with E-state index in [0.29, 0.717) is 0 Å². The van der Waals surface area contributed by atoms with Crippen molar-refractivity contribution >= 4 is 16.2 Å². The molecule has 0 aromatic rings. The molecule has 0 spiro atoms. The van der Waals surface area contributed by atoms with Crippen LogP contribution in [0, 0.1) is 6.92 Å². The maximum Gasteiger partial charge on any atom is 1.00 e. The van der Waals surface area contributed by atoms with Crippen molar-refractivity contribution in [1.29, 1.82) is 0 Å². The van der Waals surface area contributed by atoms with E-state index in [1.165, 1.54) is 4.72 Å². The number of carbonyl (C=O) groups is 1. The van der Waals surface area contributed by atoms with Crippen molar-refractivity contribution in [3.05, 3.63) is 6.92 Å². The zero-order valence-corrected chi connectivity index (χ0v) is 10.7. The minimum Gasteiger partial charge on any atom is -0.346 e. The number of rotatable bonds is 1. The summed E-state index contributed by atoms with van der Waals surface area (Å²) in [5, 5.41) is 0. The van der Waals surface area contributed by atoms with Crippen LogP contribution in [-0.2, 0) is 15.1 Å². The standard InChI is InChI=1S/C2H5NO4S.C2H5.K/c1-2(4)3-8(5,6)7;1-2;/h1H3,(H,3,4)(H,5,6,7);1H2,2H3;/q;-1;+1. The molecule has 0 radical (unpaired) electrons. The van der Waals surface area contributed by atoms with E-state index in [4.69, 9.17) is 4.55 Å². The van der Waals surface area contributed by atoms with Crippen LogP contribution in [0.1, 0.15) is 13.8 Å². The fraction of sp³-hybridized carbons (Fsp3) is 0.500. The Kier molecular flexibility index (Phi) is 14.9. The van der Waals surface area contributed by atoms with Crippen molar-refractivity contribution in [2.24, 2.45) is 0 Å². The molecule has 1 amide bonds. The van der Waals surface area contributed by atoms with Gasteiger partial charge in [-0.25, -0.2) is 4.72 Å². The molecule has 11 heavy (non-hydrogen) atoms. The van der Waals surface area contributed by atoms with Crippen LogP contribution in [0.3, 0.4) is 0 Å². The molecule has 0 bridgehead atoms. The van der Waals surface area contributed by atoms with E-state index < -0.39 is 16.2 Å². The Morgan fingerprint density at radius 3 is 1.73 bits per heavy atom. The van der Waals surface area contributed by atoms with Crippen molar-refractivity contribution in [1.82, 2.24) is 4.72 Å². The third-order valence-electron chi connectivity index (χ3n) is 0.273. The molecule has 0 unspecified atom stereocenters. The average Bonchev–Trinajstić information content (AvgIpc) is 1.64. The molecule has 5 nitrogen and oxygen atoms in total. The number of hydrogen-bond acceptors (Lipinski definition) is 3. The van der Waals surface area contributed by atoms with Crippen LogP contribution in [0.25, 0.3) is 0 Å². The molecule has 0 aliphatic carbocycles. The second-order valence-electron chi connectivity index (χ2n) is 1.13. The van der Waals surface area contributed by atoms with Gasteiger partial charge in [-0.15, -0.1) is 0 Å². The first kappa shape index (κ1) is 17.9. The second-order valence-corrected chi connectivity index (χ2v) is 2.29. The average molecular weight is 207 g/mol. The van der Waals surface area contributed by atoms with Crippen molar-refractivity contribution in [2.75, 3.05) is 0 Å². The van der Waals surface area contributed by atoms with Crippen LogP contribution in [0.5, 0.6) is 0 Å². The SMILES string of the molecule is CC(=O)NS(=O)(=O)O.[CH2-]C.[K+]. The molecule has 62 valence electrons. The van der Waals surface area contributed by atoms with Gasteiger partial charge in [0.05, 0.1) is 0 Å². The largest absolute Gasteiger partial charge is 1.00 e. The molecule has 0 saturated carbocycles. The number of nitrogens with one attached hydrogen (secondary N) is 1. The van der Waals surface area contributed by atoms with E-state index in [9.17, 15) is 13.2 Å². The molecular formula is C4H10KNO4S. The van der Waals surface area contributed by atoms with Gasteiger partial charge in [0.25, 0.3) is 0 Å². The number of hydrogen-bond donors (Lipinski definition) is 2.